The average Bonchev–Trinajstić information content (AvgIpc) is 3.17. The standard InChI is InChI=1S/C16H25N3O/c1-12(2)10-16(8-9-16)11-18-15(17)19-13-4-6-14(20-3)7-5-13/h4-7,12H,8-11H2,1-3H3,(H3,17,18,19). The summed E-state index contributed by atoms with van der Waals surface area (Å²) < 4.78 is 5.12. The van der Waals surface area contributed by atoms with Crippen LogP contribution in [0.1, 0.15) is 33.1 Å². The molecule has 2 rings (SSSR count). The van der Waals surface area contributed by atoms with Gasteiger partial charge in [0.25, 0.3) is 0 Å². The Hall–Kier alpha value is -1.71. The lowest BCUT2D eigenvalue weighted by Crippen LogP contribution is -2.24. The third-order valence-corrected chi connectivity index (χ3v) is 3.75. The van der Waals surface area contributed by atoms with Gasteiger partial charge in [-0.1, -0.05) is 13.8 Å². The number of hydrogen-bond acceptors (Lipinski definition) is 2. The van der Waals surface area contributed by atoms with Crippen LogP contribution in [0.15, 0.2) is 29.3 Å². The Labute approximate surface area is 121 Å². The van der Waals surface area contributed by atoms with Gasteiger partial charge in [0, 0.05) is 12.2 Å². The van der Waals surface area contributed by atoms with Crippen molar-refractivity contribution in [1.82, 2.24) is 0 Å². The number of ether oxygens (including phenoxy) is 1. The van der Waals surface area contributed by atoms with Gasteiger partial charge in [-0.3, -0.25) is 4.99 Å². The molecule has 0 amide bonds. The quantitative estimate of drug-likeness (QED) is 0.619. The van der Waals surface area contributed by atoms with E-state index in [1.165, 1.54) is 19.3 Å². The molecule has 0 aromatic heterocycles. The molecule has 4 heteroatoms. The largest absolute Gasteiger partial charge is 0.497 e. The van der Waals surface area contributed by atoms with Gasteiger partial charge >= 0.3 is 0 Å². The molecular formula is C16H25N3O. The van der Waals surface area contributed by atoms with Crippen molar-refractivity contribution in [2.75, 3.05) is 19.0 Å². The summed E-state index contributed by atoms with van der Waals surface area (Å²) in [5, 5.41) is 3.12. The van der Waals surface area contributed by atoms with Gasteiger partial charge in [0.2, 0.25) is 0 Å². The summed E-state index contributed by atoms with van der Waals surface area (Å²) in [5.74, 6) is 2.05. The highest BCUT2D eigenvalue weighted by Crippen LogP contribution is 2.50. The minimum Gasteiger partial charge on any atom is -0.497 e. The zero-order valence-corrected chi connectivity index (χ0v) is 12.6. The number of benzene rings is 1. The van der Waals surface area contributed by atoms with Crippen molar-refractivity contribution in [2.45, 2.75) is 33.1 Å². The zero-order chi connectivity index (χ0) is 14.6. The first-order chi connectivity index (χ1) is 9.53. The first-order valence-corrected chi connectivity index (χ1v) is 7.24. The maximum absolute atomic E-state index is 5.95. The van der Waals surface area contributed by atoms with Crippen molar-refractivity contribution in [3.8, 4) is 5.75 Å². The van der Waals surface area contributed by atoms with Crippen LogP contribution < -0.4 is 15.8 Å². The Morgan fingerprint density at radius 1 is 1.35 bits per heavy atom. The second-order valence-electron chi connectivity index (χ2n) is 6.15. The predicted molar refractivity (Wildman–Crippen MR) is 84.2 cm³/mol. The van der Waals surface area contributed by atoms with E-state index in [9.17, 15) is 0 Å². The molecule has 20 heavy (non-hydrogen) atoms. The molecule has 0 aliphatic heterocycles. The van der Waals surface area contributed by atoms with Crippen LogP contribution in [-0.2, 0) is 0 Å². The van der Waals surface area contributed by atoms with Crippen LogP contribution in [0, 0.1) is 11.3 Å². The SMILES string of the molecule is COc1ccc(NC(N)=NCC2(CC(C)C)CC2)cc1. The van der Waals surface area contributed by atoms with E-state index in [0.29, 0.717) is 11.4 Å². The van der Waals surface area contributed by atoms with Gasteiger partial charge < -0.3 is 15.8 Å². The van der Waals surface area contributed by atoms with Crippen LogP contribution >= 0.6 is 0 Å². The van der Waals surface area contributed by atoms with Gasteiger partial charge in [-0.25, -0.2) is 0 Å². The zero-order valence-electron chi connectivity index (χ0n) is 12.6. The number of rotatable bonds is 6. The van der Waals surface area contributed by atoms with E-state index in [4.69, 9.17) is 10.5 Å². The van der Waals surface area contributed by atoms with Gasteiger partial charge in [-0.05, 0) is 54.9 Å². The van der Waals surface area contributed by atoms with Gasteiger partial charge in [-0.2, -0.15) is 0 Å². The molecule has 0 spiro atoms. The molecule has 0 saturated heterocycles. The summed E-state index contributed by atoms with van der Waals surface area (Å²) in [5.41, 5.74) is 7.30. The summed E-state index contributed by atoms with van der Waals surface area (Å²) in [6.07, 6.45) is 3.81. The number of nitrogens with one attached hydrogen (secondary N) is 1. The molecule has 110 valence electrons. The molecule has 3 N–H and O–H groups in total. The Kier molecular flexibility index (Phi) is 4.53. The number of nitrogens with zero attached hydrogens (tertiary/aromatic N) is 1. The van der Waals surface area contributed by atoms with E-state index in [2.05, 4.69) is 24.2 Å². The molecule has 1 saturated carbocycles. The van der Waals surface area contributed by atoms with Crippen molar-refractivity contribution >= 4 is 11.6 Å². The Bertz CT molecular complexity index is 461. The Morgan fingerprint density at radius 2 is 2.00 bits per heavy atom. The van der Waals surface area contributed by atoms with Crippen molar-refractivity contribution in [3.63, 3.8) is 0 Å². The summed E-state index contributed by atoms with van der Waals surface area (Å²) in [7, 11) is 1.65. The van der Waals surface area contributed by atoms with Crippen molar-refractivity contribution in [1.29, 1.82) is 0 Å². The number of methoxy groups -OCH3 is 1. The highest BCUT2D eigenvalue weighted by molar-refractivity contribution is 5.92. The molecule has 4 nitrogen and oxygen atoms in total. The van der Waals surface area contributed by atoms with E-state index in [-0.39, 0.29) is 0 Å². The first-order valence-electron chi connectivity index (χ1n) is 7.24. The smallest absolute Gasteiger partial charge is 0.193 e. The minimum absolute atomic E-state index is 0.417. The Balaban J connectivity index is 1.87. The van der Waals surface area contributed by atoms with Crippen molar-refractivity contribution in [2.24, 2.45) is 22.1 Å². The topological polar surface area (TPSA) is 59.6 Å². The van der Waals surface area contributed by atoms with Crippen LogP contribution in [0.25, 0.3) is 0 Å². The van der Waals surface area contributed by atoms with Crippen molar-refractivity contribution in [3.05, 3.63) is 24.3 Å². The number of aliphatic imine (C=N–C) groups is 1. The Morgan fingerprint density at radius 3 is 2.50 bits per heavy atom. The molecule has 0 heterocycles. The summed E-state index contributed by atoms with van der Waals surface area (Å²) in [6, 6.07) is 7.66. The normalized spacial score (nSPS) is 17.1. The van der Waals surface area contributed by atoms with E-state index < -0.39 is 0 Å². The van der Waals surface area contributed by atoms with Crippen LogP contribution in [0.5, 0.6) is 5.75 Å². The minimum atomic E-state index is 0.417. The van der Waals surface area contributed by atoms with Crippen molar-refractivity contribution < 1.29 is 4.74 Å². The lowest BCUT2D eigenvalue weighted by atomic mass is 9.94. The van der Waals surface area contributed by atoms with Crippen LogP contribution in [-0.4, -0.2) is 19.6 Å². The van der Waals surface area contributed by atoms with Gasteiger partial charge in [-0.15, -0.1) is 0 Å². The number of guanidine groups is 1. The first kappa shape index (κ1) is 14.7. The van der Waals surface area contributed by atoms with E-state index in [1.54, 1.807) is 7.11 Å². The van der Waals surface area contributed by atoms with E-state index >= 15 is 0 Å². The maximum atomic E-state index is 5.95. The van der Waals surface area contributed by atoms with E-state index in [1.807, 2.05) is 24.3 Å². The average molecular weight is 275 g/mol. The highest BCUT2D eigenvalue weighted by atomic mass is 16.5. The molecule has 0 atom stereocenters. The van der Waals surface area contributed by atoms with Gasteiger partial charge in [0.15, 0.2) is 5.96 Å². The monoisotopic (exact) mass is 275 g/mol. The van der Waals surface area contributed by atoms with E-state index in [0.717, 1.165) is 23.9 Å². The second kappa shape index (κ2) is 6.16. The lowest BCUT2D eigenvalue weighted by molar-refractivity contribution is 0.399. The molecular weight excluding hydrogens is 250 g/mol. The number of anilines is 1. The fourth-order valence-corrected chi connectivity index (χ4v) is 2.58. The van der Waals surface area contributed by atoms with Crippen LogP contribution in [0.3, 0.4) is 0 Å². The molecule has 0 unspecified atom stereocenters. The number of nitrogens with two attached hydrogens (primary N) is 1. The van der Waals surface area contributed by atoms with Crippen LogP contribution in [0.2, 0.25) is 0 Å². The fourth-order valence-electron chi connectivity index (χ4n) is 2.58. The number of hydrogen-bond donors (Lipinski definition) is 2. The summed E-state index contributed by atoms with van der Waals surface area (Å²) in [4.78, 5) is 4.50. The predicted octanol–water partition coefficient (Wildman–Crippen LogP) is 3.25. The molecule has 1 fully saturated rings. The van der Waals surface area contributed by atoms with Gasteiger partial charge in [0.1, 0.15) is 5.75 Å². The molecule has 1 aliphatic carbocycles. The maximum Gasteiger partial charge on any atom is 0.193 e. The molecule has 1 aromatic rings. The third-order valence-electron chi connectivity index (χ3n) is 3.75. The third kappa shape index (κ3) is 4.15. The fraction of sp³-hybridized carbons (Fsp3) is 0.562. The molecule has 1 aromatic carbocycles. The van der Waals surface area contributed by atoms with Gasteiger partial charge in [0.05, 0.1) is 7.11 Å². The highest BCUT2D eigenvalue weighted by Gasteiger charge is 2.42. The molecule has 1 aliphatic rings. The second-order valence-corrected chi connectivity index (χ2v) is 6.15. The van der Waals surface area contributed by atoms with Crippen LogP contribution in [0.4, 0.5) is 5.69 Å². The molecule has 0 radical (unpaired) electrons. The molecule has 0 bridgehead atoms. The lowest BCUT2D eigenvalue weighted by Gasteiger charge is -2.15. The summed E-state index contributed by atoms with van der Waals surface area (Å²) >= 11 is 0. The summed E-state index contributed by atoms with van der Waals surface area (Å²) in [6.45, 7) is 5.37.